The number of hydrogen-bond acceptors (Lipinski definition) is 5. The van der Waals surface area contributed by atoms with Gasteiger partial charge in [0.25, 0.3) is 0 Å². The molecule has 228 valence electrons. The van der Waals surface area contributed by atoms with Gasteiger partial charge in [-0.05, 0) is 30.5 Å². The molecule has 0 aliphatic rings. The Bertz CT molecular complexity index is 1420. The summed E-state index contributed by atoms with van der Waals surface area (Å²) in [5, 5.41) is 6.53. The Morgan fingerprint density at radius 1 is 0.953 bits per heavy atom. The van der Waals surface area contributed by atoms with E-state index in [0.717, 1.165) is 16.5 Å². The second-order valence-electron chi connectivity index (χ2n) is 9.93. The Morgan fingerprint density at radius 2 is 1.67 bits per heavy atom. The summed E-state index contributed by atoms with van der Waals surface area (Å²) in [7, 11) is 0. The van der Waals surface area contributed by atoms with Crippen LogP contribution in [0.25, 0.3) is 10.9 Å². The van der Waals surface area contributed by atoms with Gasteiger partial charge in [-0.1, -0.05) is 42.5 Å². The number of aliphatic imine (C=N–C) groups is 1. The van der Waals surface area contributed by atoms with Gasteiger partial charge in [0.1, 0.15) is 11.7 Å². The molecule has 0 radical (unpaired) electrons. The molecule has 0 saturated carbocycles. The van der Waals surface area contributed by atoms with Crippen LogP contribution in [-0.2, 0) is 20.8 Å². The van der Waals surface area contributed by atoms with Crippen LogP contribution in [0, 0.1) is 0 Å². The molecular formula is C29H41N11O3+2. The van der Waals surface area contributed by atoms with E-state index >= 15 is 0 Å². The van der Waals surface area contributed by atoms with Gasteiger partial charge in [-0.25, -0.2) is 4.98 Å². The van der Waals surface area contributed by atoms with E-state index in [9.17, 15) is 14.4 Å². The molecule has 0 spiro atoms. The molecule has 0 bridgehead atoms. The van der Waals surface area contributed by atoms with E-state index in [1.807, 2.05) is 60.7 Å². The predicted molar refractivity (Wildman–Crippen MR) is 165 cm³/mol. The van der Waals surface area contributed by atoms with Crippen molar-refractivity contribution in [2.45, 2.75) is 31.3 Å². The number of hydrogen-bond donors (Lipinski definition) is 8. The first-order valence-electron chi connectivity index (χ1n) is 13.9. The quantitative estimate of drug-likeness (QED) is 0.0661. The molecule has 3 rings (SSSR count). The molecular weight excluding hydrogens is 550 g/mol. The van der Waals surface area contributed by atoms with Crippen molar-refractivity contribution >= 4 is 46.2 Å². The Morgan fingerprint density at radius 3 is 2.40 bits per heavy atom. The van der Waals surface area contributed by atoms with E-state index in [4.69, 9.17) is 28.7 Å². The maximum Gasteiger partial charge on any atom is 0.338 e. The number of para-hydroxylation sites is 1. The lowest BCUT2D eigenvalue weighted by Crippen LogP contribution is -2.79. The van der Waals surface area contributed by atoms with Gasteiger partial charge >= 0.3 is 5.96 Å². The van der Waals surface area contributed by atoms with Crippen molar-refractivity contribution in [2.75, 3.05) is 31.5 Å². The van der Waals surface area contributed by atoms with E-state index in [1.54, 1.807) is 6.20 Å². The second-order valence-corrected chi connectivity index (χ2v) is 9.93. The van der Waals surface area contributed by atoms with Gasteiger partial charge in [-0.15, -0.1) is 0 Å². The fourth-order valence-electron chi connectivity index (χ4n) is 4.33. The number of nitrogens with zero attached hydrogens (tertiary/aromatic N) is 2. The van der Waals surface area contributed by atoms with E-state index in [2.05, 4.69) is 25.6 Å². The third kappa shape index (κ3) is 10.9. The Hall–Kier alpha value is -5.24. The zero-order valence-corrected chi connectivity index (χ0v) is 24.0. The fourth-order valence-corrected chi connectivity index (χ4v) is 4.33. The van der Waals surface area contributed by atoms with Gasteiger partial charge in [0.2, 0.25) is 23.2 Å². The van der Waals surface area contributed by atoms with Crippen LogP contribution in [0.15, 0.2) is 71.9 Å². The number of aromatic amines is 1. The highest BCUT2D eigenvalue weighted by molar-refractivity contribution is 5.99. The minimum Gasteiger partial charge on any atom is -0.370 e. The van der Waals surface area contributed by atoms with Gasteiger partial charge < -0.3 is 32.7 Å². The van der Waals surface area contributed by atoms with Crippen molar-refractivity contribution < 1.29 is 24.4 Å². The molecule has 1 heterocycles. The van der Waals surface area contributed by atoms with Gasteiger partial charge in [0.15, 0.2) is 12.2 Å². The molecule has 1 aromatic heterocycles. The largest absolute Gasteiger partial charge is 0.370 e. The zero-order valence-electron chi connectivity index (χ0n) is 24.0. The number of H-pyrrole nitrogens is 1. The Kier molecular flexibility index (Phi) is 12.2. The molecule has 0 saturated heterocycles. The Labute approximate surface area is 249 Å². The van der Waals surface area contributed by atoms with Crippen LogP contribution in [0.5, 0.6) is 0 Å². The van der Waals surface area contributed by atoms with Crippen molar-refractivity contribution in [3.63, 3.8) is 0 Å². The molecule has 43 heavy (non-hydrogen) atoms. The zero-order chi connectivity index (χ0) is 31.2. The number of fused-ring (bicyclic) bond motifs is 1. The number of aryl methyl sites for hydroxylation is 1. The molecule has 0 unspecified atom stereocenters. The van der Waals surface area contributed by atoms with Gasteiger partial charge in [0.05, 0.1) is 32.1 Å². The minimum absolute atomic E-state index is 0.00843. The standard InChI is InChI=1S/C29H39N11O3/c30-22(17-25(41)40(14-12-35-28(31)32)15-13-36-29(33)34)26(42)39-24(11-10-19-6-2-1-3-7-19)27(43)38-21-16-20-8-4-5-9-23(20)37-18-21/h1-9,16,18,22,24H,10-15,17,30H2,(H,38,43)(H,39,42)(H4,31,32,35)(H4,33,34,36)/p+2/t22-,24-/m0/s1. The third-order valence-electron chi connectivity index (χ3n) is 6.58. The number of amides is 3. The number of guanidine groups is 2. The van der Waals surface area contributed by atoms with Crippen molar-refractivity contribution in [3.05, 3.63) is 72.4 Å². The molecule has 0 aliphatic heterocycles. The molecule has 14 nitrogen and oxygen atoms in total. The van der Waals surface area contributed by atoms with Gasteiger partial charge in [0, 0.05) is 18.0 Å². The summed E-state index contributed by atoms with van der Waals surface area (Å²) in [5.41, 5.74) is 30.3. The molecule has 14 N–H and O–H groups in total. The second kappa shape index (κ2) is 16.3. The monoisotopic (exact) mass is 591 g/mol. The lowest BCUT2D eigenvalue weighted by molar-refractivity contribution is -0.459. The smallest absolute Gasteiger partial charge is 0.338 e. The van der Waals surface area contributed by atoms with Crippen LogP contribution in [0.4, 0.5) is 5.69 Å². The molecule has 3 amide bonds. The number of nitrogens with one attached hydrogen (secondary N) is 4. The summed E-state index contributed by atoms with van der Waals surface area (Å²) >= 11 is 0. The number of carbonyl (C=O) groups excluding carboxylic acids is 3. The van der Waals surface area contributed by atoms with Crippen LogP contribution in [0.3, 0.4) is 0 Å². The topological polar surface area (TPSA) is 249 Å². The number of carbonyl (C=O) groups is 3. The Balaban J connectivity index is 1.69. The fraction of sp³-hybridized carbons (Fsp3) is 0.310. The maximum absolute atomic E-state index is 13.4. The summed E-state index contributed by atoms with van der Waals surface area (Å²) in [4.78, 5) is 50.9. The van der Waals surface area contributed by atoms with E-state index in [1.165, 1.54) is 4.90 Å². The highest BCUT2D eigenvalue weighted by atomic mass is 16.2. The summed E-state index contributed by atoms with van der Waals surface area (Å²) in [6.07, 6.45) is 2.22. The lowest BCUT2D eigenvalue weighted by atomic mass is 10.0. The van der Waals surface area contributed by atoms with Crippen LogP contribution in [0.1, 0.15) is 18.4 Å². The van der Waals surface area contributed by atoms with Crippen LogP contribution < -0.4 is 49.3 Å². The first-order valence-corrected chi connectivity index (χ1v) is 13.9. The number of pyridine rings is 1. The first-order chi connectivity index (χ1) is 20.6. The predicted octanol–water partition coefficient (Wildman–Crippen LogP) is -3.12. The maximum atomic E-state index is 13.4. The van der Waals surface area contributed by atoms with E-state index in [0.29, 0.717) is 18.5 Å². The average molecular weight is 592 g/mol. The summed E-state index contributed by atoms with van der Waals surface area (Å²) < 4.78 is 0. The van der Waals surface area contributed by atoms with Gasteiger partial charge in [-0.2, -0.15) is 0 Å². The minimum atomic E-state index is -1.21. The highest BCUT2D eigenvalue weighted by Gasteiger charge is 2.27. The number of anilines is 1. The summed E-state index contributed by atoms with van der Waals surface area (Å²) in [5.74, 6) is -1.54. The summed E-state index contributed by atoms with van der Waals surface area (Å²) in [6.45, 7) is 0.828. The van der Waals surface area contributed by atoms with Crippen molar-refractivity contribution in [1.29, 1.82) is 0 Å². The van der Waals surface area contributed by atoms with Crippen LogP contribution in [-0.4, -0.2) is 72.8 Å². The normalized spacial score (nSPS) is 12.0. The van der Waals surface area contributed by atoms with E-state index < -0.39 is 29.8 Å². The third-order valence-corrected chi connectivity index (χ3v) is 6.58. The first kappa shape index (κ1) is 32.3. The van der Waals surface area contributed by atoms with Crippen LogP contribution in [0.2, 0.25) is 0 Å². The number of nitrogens with two attached hydrogens (primary N) is 5. The van der Waals surface area contributed by atoms with Crippen LogP contribution >= 0.6 is 0 Å². The lowest BCUT2D eigenvalue weighted by Gasteiger charge is -2.24. The molecule has 3 aromatic rings. The SMILES string of the molecule is NC(N)=NCCN(CC[NH+]=C(N)N)C(=O)C[C@H](N)C(=O)N[C@@H](CCc1ccccc1)C(=O)Nc1c[nH+]c2ccccc2c1. The molecule has 2 aromatic carbocycles. The number of benzene rings is 2. The molecule has 0 fully saturated rings. The summed E-state index contributed by atoms with van der Waals surface area (Å²) in [6, 6.07) is 17.0. The molecule has 14 heteroatoms. The average Bonchev–Trinajstić information content (AvgIpc) is 2.98. The number of aromatic nitrogens is 1. The van der Waals surface area contributed by atoms with E-state index in [-0.39, 0.29) is 44.5 Å². The van der Waals surface area contributed by atoms with Crippen molar-refractivity contribution in [2.24, 2.45) is 33.7 Å². The highest BCUT2D eigenvalue weighted by Crippen LogP contribution is 2.15. The van der Waals surface area contributed by atoms with Crippen molar-refractivity contribution in [1.82, 2.24) is 10.2 Å². The number of rotatable bonds is 15. The molecule has 0 aliphatic carbocycles. The van der Waals surface area contributed by atoms with Gasteiger partial charge in [-0.3, -0.25) is 35.8 Å². The van der Waals surface area contributed by atoms with Crippen molar-refractivity contribution in [3.8, 4) is 0 Å². The molecule has 2 atom stereocenters.